The monoisotopic (exact) mass is 224 g/mol. The molecule has 1 atom stereocenters. The lowest BCUT2D eigenvalue weighted by molar-refractivity contribution is -0.551. The molecule has 0 amide bonds. The molecule has 0 aliphatic heterocycles. The molecule has 0 spiro atoms. The van der Waals surface area contributed by atoms with E-state index in [0.717, 1.165) is 6.54 Å². The molecule has 0 saturated heterocycles. The molecule has 1 heteroatoms. The van der Waals surface area contributed by atoms with Crippen molar-refractivity contribution in [3.05, 3.63) is 60.7 Å². The Morgan fingerprint density at radius 3 is 2.65 bits per heavy atom. The molecule has 0 aliphatic carbocycles. The van der Waals surface area contributed by atoms with E-state index in [9.17, 15) is 0 Å². The van der Waals surface area contributed by atoms with Gasteiger partial charge in [-0.1, -0.05) is 49.0 Å². The fraction of sp³-hybridized carbons (Fsp3) is 0.188. The summed E-state index contributed by atoms with van der Waals surface area (Å²) in [6.45, 7) is 10.8. The average Bonchev–Trinajstić information content (AvgIpc) is 2.37. The molecule has 2 rings (SSSR count). The van der Waals surface area contributed by atoms with E-state index in [0.29, 0.717) is 6.04 Å². The third kappa shape index (κ3) is 2.28. The van der Waals surface area contributed by atoms with Crippen LogP contribution in [0.15, 0.2) is 55.1 Å². The van der Waals surface area contributed by atoms with Crippen LogP contribution in [0.2, 0.25) is 0 Å². The van der Waals surface area contributed by atoms with Crippen molar-refractivity contribution in [1.29, 1.82) is 0 Å². The Hall–Kier alpha value is -1.89. The normalized spacial score (nSPS) is 12.3. The smallest absolute Gasteiger partial charge is 0.175 e. The molecule has 1 nitrogen and oxygen atoms in total. The summed E-state index contributed by atoms with van der Waals surface area (Å²) < 4.78 is 2.05. The highest BCUT2D eigenvalue weighted by Gasteiger charge is 2.16. The summed E-state index contributed by atoms with van der Waals surface area (Å²) in [5.41, 5.74) is 1.32. The van der Waals surface area contributed by atoms with Gasteiger partial charge in [-0.3, -0.25) is 0 Å². The number of rotatable bonds is 4. The molecule has 0 fully saturated rings. The SMILES string of the molecule is C=CC[N+](=C)C(C)c1cccc2ccccc12. The summed E-state index contributed by atoms with van der Waals surface area (Å²) in [4.78, 5) is 0. The lowest BCUT2D eigenvalue weighted by Crippen LogP contribution is -2.14. The zero-order valence-corrected chi connectivity index (χ0v) is 10.3. The van der Waals surface area contributed by atoms with E-state index in [1.54, 1.807) is 0 Å². The molecule has 0 bridgehead atoms. The lowest BCUT2D eigenvalue weighted by atomic mass is 9.99. The average molecular weight is 224 g/mol. The van der Waals surface area contributed by atoms with Gasteiger partial charge in [-0.25, -0.2) is 4.58 Å². The first-order valence-electron chi connectivity index (χ1n) is 5.89. The molecular weight excluding hydrogens is 206 g/mol. The summed E-state index contributed by atoms with van der Waals surface area (Å²) in [5, 5.41) is 2.59. The molecule has 1 unspecified atom stereocenters. The third-order valence-electron chi connectivity index (χ3n) is 3.18. The van der Waals surface area contributed by atoms with Crippen LogP contribution in [0.4, 0.5) is 0 Å². The summed E-state index contributed by atoms with van der Waals surface area (Å²) in [6, 6.07) is 15.2. The highest BCUT2D eigenvalue weighted by molar-refractivity contribution is 5.85. The first kappa shape index (κ1) is 11.6. The number of hydrogen-bond acceptors (Lipinski definition) is 0. The van der Waals surface area contributed by atoms with E-state index in [4.69, 9.17) is 0 Å². The Morgan fingerprint density at radius 1 is 1.18 bits per heavy atom. The van der Waals surface area contributed by atoms with Crippen molar-refractivity contribution < 1.29 is 4.58 Å². The molecule has 0 aromatic heterocycles. The first-order valence-corrected chi connectivity index (χ1v) is 5.89. The van der Waals surface area contributed by atoms with Crippen molar-refractivity contribution in [3.8, 4) is 0 Å². The molecule has 2 aromatic carbocycles. The van der Waals surface area contributed by atoms with Crippen molar-refractivity contribution in [2.24, 2.45) is 0 Å². The number of hydrogen-bond donors (Lipinski definition) is 0. The van der Waals surface area contributed by atoms with Gasteiger partial charge in [0.2, 0.25) is 0 Å². The van der Waals surface area contributed by atoms with E-state index in [2.05, 4.69) is 67.3 Å². The van der Waals surface area contributed by atoms with Gasteiger partial charge in [0.25, 0.3) is 0 Å². The zero-order valence-electron chi connectivity index (χ0n) is 10.3. The van der Waals surface area contributed by atoms with Gasteiger partial charge in [-0.15, -0.1) is 0 Å². The molecule has 0 heterocycles. The molecular formula is C16H18N+. The van der Waals surface area contributed by atoms with Crippen LogP contribution in [-0.2, 0) is 0 Å². The highest BCUT2D eigenvalue weighted by atomic mass is 15.0. The van der Waals surface area contributed by atoms with E-state index < -0.39 is 0 Å². The number of benzene rings is 2. The Bertz CT molecular complexity index is 549. The van der Waals surface area contributed by atoms with Crippen molar-refractivity contribution in [1.82, 2.24) is 0 Å². The Labute approximate surface area is 103 Å². The quantitative estimate of drug-likeness (QED) is 0.422. The molecule has 0 saturated carbocycles. The predicted molar refractivity (Wildman–Crippen MR) is 74.8 cm³/mol. The summed E-state index contributed by atoms with van der Waals surface area (Å²) in [6.07, 6.45) is 1.88. The van der Waals surface area contributed by atoms with Crippen LogP contribution in [0.3, 0.4) is 0 Å². The Balaban J connectivity index is 2.48. The van der Waals surface area contributed by atoms with Gasteiger partial charge in [-0.2, -0.15) is 0 Å². The second-order valence-electron chi connectivity index (χ2n) is 4.30. The maximum Gasteiger partial charge on any atom is 0.175 e. The van der Waals surface area contributed by atoms with Crippen LogP contribution in [0.25, 0.3) is 10.8 Å². The summed E-state index contributed by atoms with van der Waals surface area (Å²) in [5.74, 6) is 0. The molecule has 0 N–H and O–H groups in total. The minimum atomic E-state index is 0.291. The third-order valence-corrected chi connectivity index (χ3v) is 3.18. The van der Waals surface area contributed by atoms with Crippen molar-refractivity contribution in [2.75, 3.05) is 6.54 Å². The van der Waals surface area contributed by atoms with Crippen LogP contribution in [0.1, 0.15) is 18.5 Å². The minimum absolute atomic E-state index is 0.291. The molecule has 0 radical (unpaired) electrons. The van der Waals surface area contributed by atoms with Crippen molar-refractivity contribution in [3.63, 3.8) is 0 Å². The van der Waals surface area contributed by atoms with Gasteiger partial charge in [0.05, 0.1) is 0 Å². The van der Waals surface area contributed by atoms with E-state index in [1.165, 1.54) is 16.3 Å². The van der Waals surface area contributed by atoms with Crippen LogP contribution >= 0.6 is 0 Å². The molecule has 0 aliphatic rings. The largest absolute Gasteiger partial charge is 0.232 e. The number of fused-ring (bicyclic) bond motifs is 1. The van der Waals surface area contributed by atoms with Gasteiger partial charge in [0.1, 0.15) is 6.72 Å². The van der Waals surface area contributed by atoms with Gasteiger partial charge < -0.3 is 0 Å². The number of nitrogens with zero attached hydrogens (tertiary/aromatic N) is 1. The van der Waals surface area contributed by atoms with Crippen LogP contribution < -0.4 is 0 Å². The first-order chi connectivity index (χ1) is 8.24. The van der Waals surface area contributed by atoms with Crippen molar-refractivity contribution >= 4 is 17.5 Å². The fourth-order valence-corrected chi connectivity index (χ4v) is 2.14. The Morgan fingerprint density at radius 2 is 1.88 bits per heavy atom. The molecule has 86 valence electrons. The maximum absolute atomic E-state index is 4.07. The van der Waals surface area contributed by atoms with E-state index in [-0.39, 0.29) is 0 Å². The van der Waals surface area contributed by atoms with Crippen LogP contribution in [0, 0.1) is 0 Å². The van der Waals surface area contributed by atoms with Gasteiger partial charge >= 0.3 is 0 Å². The summed E-state index contributed by atoms with van der Waals surface area (Å²) in [7, 11) is 0. The fourth-order valence-electron chi connectivity index (χ4n) is 2.14. The van der Waals surface area contributed by atoms with Gasteiger partial charge in [0, 0.05) is 12.5 Å². The maximum atomic E-state index is 4.07. The van der Waals surface area contributed by atoms with Gasteiger partial charge in [0.15, 0.2) is 12.6 Å². The van der Waals surface area contributed by atoms with Crippen LogP contribution in [-0.4, -0.2) is 17.8 Å². The highest BCUT2D eigenvalue weighted by Crippen LogP contribution is 2.25. The van der Waals surface area contributed by atoms with Gasteiger partial charge in [-0.05, 0) is 16.8 Å². The standard InChI is InChI=1S/C16H18N/c1-4-12-17(3)13(2)15-11-7-9-14-8-5-6-10-16(14)15/h4-11,13H,1,3,12H2,2H3/q+1. The lowest BCUT2D eigenvalue weighted by Gasteiger charge is -2.12. The van der Waals surface area contributed by atoms with E-state index in [1.807, 2.05) is 6.08 Å². The topological polar surface area (TPSA) is 3.01 Å². The molecule has 17 heavy (non-hydrogen) atoms. The summed E-state index contributed by atoms with van der Waals surface area (Å²) >= 11 is 0. The van der Waals surface area contributed by atoms with E-state index >= 15 is 0 Å². The Kier molecular flexibility index (Phi) is 3.38. The second-order valence-corrected chi connectivity index (χ2v) is 4.30. The second kappa shape index (κ2) is 4.96. The van der Waals surface area contributed by atoms with Crippen LogP contribution in [0.5, 0.6) is 0 Å². The zero-order chi connectivity index (χ0) is 12.3. The van der Waals surface area contributed by atoms with Crippen molar-refractivity contribution in [2.45, 2.75) is 13.0 Å². The predicted octanol–water partition coefficient (Wildman–Crippen LogP) is 3.80. The molecule has 2 aromatic rings. The minimum Gasteiger partial charge on any atom is -0.232 e.